The number of fused-ring (bicyclic) bond motifs is 6. The van der Waals surface area contributed by atoms with Crippen LogP contribution in [0.3, 0.4) is 0 Å². The lowest BCUT2D eigenvalue weighted by Crippen LogP contribution is -2.59. The van der Waals surface area contributed by atoms with Crippen molar-refractivity contribution in [3.8, 4) is 5.75 Å². The second-order valence-corrected chi connectivity index (χ2v) is 10.0. The molecule has 1 aromatic heterocycles. The van der Waals surface area contributed by atoms with Crippen LogP contribution in [0.15, 0.2) is 88.6 Å². The van der Waals surface area contributed by atoms with Crippen molar-refractivity contribution in [1.29, 1.82) is 0 Å². The third-order valence-corrected chi connectivity index (χ3v) is 7.59. The fourth-order valence-corrected chi connectivity index (χ4v) is 6.03. The molecule has 1 N–H and O–H groups in total. The predicted molar refractivity (Wildman–Crippen MR) is 138 cm³/mol. The molecule has 2 aliphatic rings. The van der Waals surface area contributed by atoms with Crippen molar-refractivity contribution in [3.63, 3.8) is 0 Å². The van der Waals surface area contributed by atoms with Crippen molar-refractivity contribution < 1.29 is 14.5 Å². The van der Waals surface area contributed by atoms with Crippen molar-refractivity contribution >= 4 is 34.7 Å². The number of hydrogen-bond donors (Lipinski definition) is 1. The number of nitrogens with one attached hydrogen (secondary N) is 1. The molecule has 0 spiro atoms. The summed E-state index contributed by atoms with van der Waals surface area (Å²) in [6.07, 6.45) is 1.68. The predicted octanol–water partition coefficient (Wildman–Crippen LogP) is 3.23. The lowest BCUT2D eigenvalue weighted by Gasteiger charge is -2.45. The van der Waals surface area contributed by atoms with E-state index in [1.54, 1.807) is 41.8 Å². The summed E-state index contributed by atoms with van der Waals surface area (Å²) in [7, 11) is 0. The average molecular weight is 513 g/mol. The number of benzene rings is 3. The highest BCUT2D eigenvalue weighted by molar-refractivity contribution is 7.07. The maximum Gasteiger partial charge on any atom is 0.270 e. The van der Waals surface area contributed by atoms with E-state index in [1.165, 1.54) is 23.5 Å². The molecule has 37 heavy (non-hydrogen) atoms. The molecule has 9 nitrogen and oxygen atoms in total. The average Bonchev–Trinajstić information content (AvgIpc) is 3.17. The molecule has 0 saturated carbocycles. The van der Waals surface area contributed by atoms with Gasteiger partial charge in [0, 0.05) is 23.4 Å². The van der Waals surface area contributed by atoms with Crippen molar-refractivity contribution in [2.45, 2.75) is 18.7 Å². The van der Waals surface area contributed by atoms with E-state index in [-0.39, 0.29) is 17.2 Å². The second kappa shape index (κ2) is 8.52. The minimum absolute atomic E-state index is 0.0305. The number of ether oxygens (including phenoxy) is 1. The lowest BCUT2D eigenvalue weighted by molar-refractivity contribution is -0.384. The molecule has 4 aromatic rings. The van der Waals surface area contributed by atoms with E-state index < -0.39 is 22.6 Å². The molecule has 3 atom stereocenters. The molecule has 0 saturated heterocycles. The molecule has 2 bridgehead atoms. The number of carbonyl (C=O) groups excluding carboxylic acids is 1. The van der Waals surface area contributed by atoms with Crippen LogP contribution < -0.4 is 24.9 Å². The summed E-state index contributed by atoms with van der Waals surface area (Å²) in [5.74, 6) is -0.539. The minimum atomic E-state index is -1.24. The van der Waals surface area contributed by atoms with Crippen LogP contribution >= 0.6 is 11.3 Å². The smallest absolute Gasteiger partial charge is 0.270 e. The monoisotopic (exact) mass is 512 g/mol. The quantitative estimate of drug-likeness (QED) is 0.333. The van der Waals surface area contributed by atoms with Gasteiger partial charge in [-0.3, -0.25) is 24.3 Å². The Morgan fingerprint density at radius 2 is 1.81 bits per heavy atom. The van der Waals surface area contributed by atoms with Gasteiger partial charge in [0.2, 0.25) is 11.6 Å². The van der Waals surface area contributed by atoms with Crippen LogP contribution in [0.1, 0.15) is 24.1 Å². The number of nitro groups is 1. The molecule has 0 fully saturated rings. The molecular weight excluding hydrogens is 492 g/mol. The first-order valence-electron chi connectivity index (χ1n) is 11.6. The van der Waals surface area contributed by atoms with Crippen molar-refractivity contribution in [2.75, 3.05) is 5.32 Å². The summed E-state index contributed by atoms with van der Waals surface area (Å²) in [6, 6.07) is 21.8. The van der Waals surface area contributed by atoms with E-state index >= 15 is 0 Å². The Kier molecular flexibility index (Phi) is 5.27. The Hall–Kier alpha value is -4.57. The standard InChI is InChI=1S/C27H20N4O5S/c1-27-22(24(32)28-17-7-3-2-4-8-17)23(19-9-5-6-10-20(19)36-27)30-25(33)21(37-26(30)29-27)15-16-11-13-18(14-12-16)31(34)35/h2-15,22-23H,1H3,(H,28,32)/b21-15+/t22-,23+,27-/m0/s1. The topological polar surface area (TPSA) is 116 Å². The number of amides is 1. The Morgan fingerprint density at radius 3 is 2.54 bits per heavy atom. The van der Waals surface area contributed by atoms with Gasteiger partial charge in [-0.1, -0.05) is 47.7 Å². The summed E-state index contributed by atoms with van der Waals surface area (Å²) in [5.41, 5.74) is 0.454. The molecule has 10 heteroatoms. The van der Waals surface area contributed by atoms with Crippen LogP contribution in [-0.4, -0.2) is 21.1 Å². The van der Waals surface area contributed by atoms with Gasteiger partial charge in [-0.2, -0.15) is 0 Å². The lowest BCUT2D eigenvalue weighted by atomic mass is 9.80. The SMILES string of the molecule is C[C@]12N=c3s/c(=C/c4ccc([N+](=O)[O-])cc4)c(=O)n3[C@H](c3ccccc3O1)[C@H]2C(=O)Nc1ccccc1. The minimum Gasteiger partial charge on any atom is -0.465 e. The largest absolute Gasteiger partial charge is 0.465 e. The third-order valence-electron chi connectivity index (χ3n) is 6.61. The highest BCUT2D eigenvalue weighted by atomic mass is 32.1. The summed E-state index contributed by atoms with van der Waals surface area (Å²) in [5, 5.41) is 13.9. The van der Waals surface area contributed by atoms with Crippen LogP contribution in [0.25, 0.3) is 6.08 Å². The number of rotatable bonds is 4. The summed E-state index contributed by atoms with van der Waals surface area (Å²) >= 11 is 1.20. The highest BCUT2D eigenvalue weighted by Gasteiger charge is 2.55. The van der Waals surface area contributed by atoms with Gasteiger partial charge >= 0.3 is 0 Å². The molecule has 2 aliphatic heterocycles. The van der Waals surface area contributed by atoms with Crippen molar-refractivity contribution in [2.24, 2.45) is 10.9 Å². The zero-order valence-electron chi connectivity index (χ0n) is 19.5. The molecule has 3 heterocycles. The molecule has 1 amide bonds. The van der Waals surface area contributed by atoms with Gasteiger partial charge in [0.25, 0.3) is 11.2 Å². The number of nitro benzene ring substituents is 1. The highest BCUT2D eigenvalue weighted by Crippen LogP contribution is 2.47. The molecule has 3 aromatic carbocycles. The fourth-order valence-electron chi connectivity index (χ4n) is 4.93. The van der Waals surface area contributed by atoms with Crippen LogP contribution in [0.5, 0.6) is 5.75 Å². The van der Waals surface area contributed by atoms with Crippen molar-refractivity contribution in [1.82, 2.24) is 4.57 Å². The van der Waals surface area contributed by atoms with Crippen LogP contribution in [0.2, 0.25) is 0 Å². The number of nitrogens with zero attached hydrogens (tertiary/aromatic N) is 3. The van der Waals surface area contributed by atoms with E-state index in [0.29, 0.717) is 26.3 Å². The van der Waals surface area contributed by atoms with Crippen LogP contribution in [-0.2, 0) is 4.79 Å². The van der Waals surface area contributed by atoms with Gasteiger partial charge < -0.3 is 10.1 Å². The van der Waals surface area contributed by atoms with E-state index in [2.05, 4.69) is 5.32 Å². The number of hydrogen-bond acceptors (Lipinski definition) is 7. The van der Waals surface area contributed by atoms with E-state index in [4.69, 9.17) is 9.73 Å². The maximum absolute atomic E-state index is 13.7. The second-order valence-electron chi connectivity index (χ2n) is 9.00. The first kappa shape index (κ1) is 22.9. The number of aromatic nitrogens is 1. The summed E-state index contributed by atoms with van der Waals surface area (Å²) in [6.45, 7) is 1.76. The van der Waals surface area contributed by atoms with Gasteiger partial charge in [-0.15, -0.1) is 0 Å². The van der Waals surface area contributed by atoms with E-state index in [1.807, 2.05) is 42.5 Å². The van der Waals surface area contributed by atoms with Crippen LogP contribution in [0, 0.1) is 16.0 Å². The number of non-ortho nitro benzene ring substituents is 1. The molecule has 184 valence electrons. The number of para-hydroxylation sites is 2. The maximum atomic E-state index is 13.7. The van der Waals surface area contributed by atoms with Gasteiger partial charge in [-0.25, -0.2) is 4.99 Å². The number of anilines is 1. The summed E-state index contributed by atoms with van der Waals surface area (Å²) < 4.78 is 8.29. The Balaban J connectivity index is 1.51. The molecule has 0 radical (unpaired) electrons. The van der Waals surface area contributed by atoms with Gasteiger partial charge in [0.1, 0.15) is 11.7 Å². The molecule has 0 unspecified atom stereocenters. The number of thiazole rings is 1. The van der Waals surface area contributed by atoms with E-state index in [9.17, 15) is 19.7 Å². The van der Waals surface area contributed by atoms with Crippen LogP contribution in [0.4, 0.5) is 11.4 Å². The summed E-state index contributed by atoms with van der Waals surface area (Å²) in [4.78, 5) is 43.2. The first-order chi connectivity index (χ1) is 17.8. The Labute approximate surface area is 214 Å². The van der Waals surface area contributed by atoms with E-state index in [0.717, 1.165) is 5.56 Å². The van der Waals surface area contributed by atoms with Gasteiger partial charge in [0.05, 0.1) is 15.5 Å². The fraction of sp³-hybridized carbons (Fsp3) is 0.148. The number of carbonyl (C=O) groups is 1. The van der Waals surface area contributed by atoms with Gasteiger partial charge in [0.15, 0.2) is 4.80 Å². The Morgan fingerprint density at radius 1 is 1.11 bits per heavy atom. The molecule has 6 rings (SSSR count). The first-order valence-corrected chi connectivity index (χ1v) is 12.4. The Bertz CT molecular complexity index is 1730. The van der Waals surface area contributed by atoms with Gasteiger partial charge in [-0.05, 0) is 48.9 Å². The third kappa shape index (κ3) is 3.82. The zero-order valence-corrected chi connectivity index (χ0v) is 20.3. The molecule has 0 aliphatic carbocycles. The zero-order chi connectivity index (χ0) is 25.7. The van der Waals surface area contributed by atoms with Crippen molar-refractivity contribution in [3.05, 3.63) is 120 Å². The normalized spacial score (nSPS) is 21.7. The molecular formula is C27H20N4O5S.